The molecule has 0 aliphatic carbocycles. The van der Waals surface area contributed by atoms with Crippen molar-refractivity contribution in [2.24, 2.45) is 5.10 Å². The van der Waals surface area contributed by atoms with Gasteiger partial charge in [-0.3, -0.25) is 4.79 Å². The van der Waals surface area contributed by atoms with Gasteiger partial charge in [-0.1, -0.05) is 13.3 Å². The number of benzene rings is 1. The minimum Gasteiger partial charge on any atom is -0.497 e. The molecule has 1 aromatic rings. The highest BCUT2D eigenvalue weighted by molar-refractivity contribution is 6.12. The normalized spacial score (nSPS) is 14.9. The highest BCUT2D eigenvalue weighted by Gasteiger charge is 2.24. The van der Waals surface area contributed by atoms with Gasteiger partial charge < -0.3 is 4.74 Å². The number of carbonyl (C=O) groups is 1. The van der Waals surface area contributed by atoms with Crippen LogP contribution >= 0.6 is 0 Å². The number of carbonyl (C=O) groups excluding carboxylic acids is 1. The Labute approximate surface area is 107 Å². The molecule has 2 rings (SSSR count). The Morgan fingerprint density at radius 3 is 2.67 bits per heavy atom. The van der Waals surface area contributed by atoms with Crippen molar-refractivity contribution in [1.82, 2.24) is 0 Å². The van der Waals surface area contributed by atoms with Crippen molar-refractivity contribution in [2.45, 2.75) is 32.6 Å². The number of nitrogens with zero attached hydrogens (tertiary/aromatic N) is 2. The van der Waals surface area contributed by atoms with Gasteiger partial charge in [0.25, 0.3) is 5.91 Å². The fraction of sp³-hybridized carbons (Fsp3) is 0.429. The molecule has 1 aliphatic rings. The topological polar surface area (TPSA) is 41.9 Å². The molecule has 18 heavy (non-hydrogen) atoms. The van der Waals surface area contributed by atoms with E-state index in [0.717, 1.165) is 36.4 Å². The number of hydrazone groups is 1. The minimum atomic E-state index is 0.0475. The summed E-state index contributed by atoms with van der Waals surface area (Å²) in [5.74, 6) is 0.826. The first-order valence-corrected chi connectivity index (χ1v) is 6.28. The molecule has 0 fully saturated rings. The molecule has 4 nitrogen and oxygen atoms in total. The van der Waals surface area contributed by atoms with Crippen molar-refractivity contribution in [3.8, 4) is 5.75 Å². The summed E-state index contributed by atoms with van der Waals surface area (Å²) in [4.78, 5) is 11.9. The number of hydrogen-bond donors (Lipinski definition) is 0. The Hall–Kier alpha value is -1.84. The second-order valence-corrected chi connectivity index (χ2v) is 4.35. The van der Waals surface area contributed by atoms with Gasteiger partial charge in [-0.15, -0.1) is 0 Å². The summed E-state index contributed by atoms with van der Waals surface area (Å²) < 4.78 is 5.09. The fourth-order valence-electron chi connectivity index (χ4n) is 1.93. The summed E-state index contributed by atoms with van der Waals surface area (Å²) in [7, 11) is 1.62. The molecule has 0 radical (unpaired) electrons. The van der Waals surface area contributed by atoms with Crippen LogP contribution in [0.1, 0.15) is 32.6 Å². The van der Waals surface area contributed by atoms with Gasteiger partial charge >= 0.3 is 0 Å². The molecular weight excluding hydrogens is 228 g/mol. The lowest BCUT2D eigenvalue weighted by Crippen LogP contribution is -2.19. The predicted molar refractivity (Wildman–Crippen MR) is 72.1 cm³/mol. The molecule has 0 saturated carbocycles. The Kier molecular flexibility index (Phi) is 3.97. The lowest BCUT2D eigenvalue weighted by atomic mass is 10.1. The van der Waals surface area contributed by atoms with E-state index in [1.807, 2.05) is 24.3 Å². The van der Waals surface area contributed by atoms with Gasteiger partial charge in [0, 0.05) is 5.71 Å². The third-order valence-corrected chi connectivity index (χ3v) is 2.97. The highest BCUT2D eigenvalue weighted by atomic mass is 16.5. The second-order valence-electron chi connectivity index (χ2n) is 4.35. The zero-order valence-corrected chi connectivity index (χ0v) is 10.8. The van der Waals surface area contributed by atoms with E-state index in [9.17, 15) is 4.79 Å². The number of methoxy groups -OCH3 is 1. The predicted octanol–water partition coefficient (Wildman–Crippen LogP) is 2.98. The van der Waals surface area contributed by atoms with E-state index >= 15 is 0 Å². The smallest absolute Gasteiger partial charge is 0.253 e. The van der Waals surface area contributed by atoms with Crippen LogP contribution in [0.3, 0.4) is 0 Å². The Morgan fingerprint density at radius 2 is 2.06 bits per heavy atom. The van der Waals surface area contributed by atoms with Crippen LogP contribution in [0.4, 0.5) is 5.69 Å². The van der Waals surface area contributed by atoms with Crippen molar-refractivity contribution >= 4 is 17.3 Å². The van der Waals surface area contributed by atoms with Crippen molar-refractivity contribution in [2.75, 3.05) is 12.1 Å². The lowest BCUT2D eigenvalue weighted by Gasteiger charge is -2.11. The first-order valence-electron chi connectivity index (χ1n) is 6.28. The summed E-state index contributed by atoms with van der Waals surface area (Å²) in [6, 6.07) is 7.37. The average Bonchev–Trinajstić information content (AvgIpc) is 2.78. The largest absolute Gasteiger partial charge is 0.497 e. The summed E-state index contributed by atoms with van der Waals surface area (Å²) in [5.41, 5.74) is 1.78. The highest BCUT2D eigenvalue weighted by Crippen LogP contribution is 2.24. The maximum atomic E-state index is 11.9. The molecule has 1 aliphatic heterocycles. The van der Waals surface area contributed by atoms with Crippen LogP contribution in [0.25, 0.3) is 0 Å². The molecule has 96 valence electrons. The summed E-state index contributed by atoms with van der Waals surface area (Å²) >= 11 is 0. The maximum absolute atomic E-state index is 11.9. The van der Waals surface area contributed by atoms with Gasteiger partial charge in [0.05, 0.1) is 19.2 Å². The van der Waals surface area contributed by atoms with E-state index in [1.165, 1.54) is 5.01 Å². The van der Waals surface area contributed by atoms with E-state index in [2.05, 4.69) is 12.0 Å². The van der Waals surface area contributed by atoms with E-state index < -0.39 is 0 Å². The molecule has 0 saturated heterocycles. The van der Waals surface area contributed by atoms with Crippen LogP contribution in [0, 0.1) is 0 Å². The van der Waals surface area contributed by atoms with Gasteiger partial charge in [0.1, 0.15) is 5.75 Å². The van der Waals surface area contributed by atoms with Crippen molar-refractivity contribution in [3.05, 3.63) is 24.3 Å². The van der Waals surface area contributed by atoms with Gasteiger partial charge in [-0.25, -0.2) is 5.01 Å². The molecule has 0 aromatic heterocycles. The molecule has 4 heteroatoms. The second kappa shape index (κ2) is 5.67. The Bertz CT molecular complexity index is 451. The van der Waals surface area contributed by atoms with Crippen LogP contribution in [-0.2, 0) is 4.79 Å². The third-order valence-electron chi connectivity index (χ3n) is 2.97. The van der Waals surface area contributed by atoms with E-state index in [4.69, 9.17) is 4.74 Å². The van der Waals surface area contributed by atoms with Crippen molar-refractivity contribution in [1.29, 1.82) is 0 Å². The van der Waals surface area contributed by atoms with Gasteiger partial charge in [-0.2, -0.15) is 5.10 Å². The van der Waals surface area contributed by atoms with Gasteiger partial charge in [-0.05, 0) is 37.1 Å². The van der Waals surface area contributed by atoms with Crippen LogP contribution in [-0.4, -0.2) is 18.7 Å². The maximum Gasteiger partial charge on any atom is 0.253 e. The van der Waals surface area contributed by atoms with Crippen molar-refractivity contribution in [3.63, 3.8) is 0 Å². The van der Waals surface area contributed by atoms with Gasteiger partial charge in [0.2, 0.25) is 0 Å². The van der Waals surface area contributed by atoms with Crippen LogP contribution in [0.15, 0.2) is 29.4 Å². The average molecular weight is 246 g/mol. The minimum absolute atomic E-state index is 0.0475. The number of hydrogen-bond acceptors (Lipinski definition) is 3. The number of rotatable bonds is 5. The lowest BCUT2D eigenvalue weighted by molar-refractivity contribution is -0.116. The third kappa shape index (κ3) is 2.70. The first kappa shape index (κ1) is 12.6. The van der Waals surface area contributed by atoms with Crippen LogP contribution in [0.2, 0.25) is 0 Å². The van der Waals surface area contributed by atoms with Crippen molar-refractivity contribution < 1.29 is 9.53 Å². The Morgan fingerprint density at radius 1 is 1.33 bits per heavy atom. The van der Waals surface area contributed by atoms with Crippen LogP contribution in [0.5, 0.6) is 5.75 Å². The number of anilines is 1. The van der Waals surface area contributed by atoms with Crippen LogP contribution < -0.4 is 9.75 Å². The molecule has 1 amide bonds. The molecule has 0 spiro atoms. The number of unbranched alkanes of at least 4 members (excludes halogenated alkanes) is 1. The summed E-state index contributed by atoms with van der Waals surface area (Å²) in [6.07, 6.45) is 3.57. The number of ether oxygens (including phenoxy) is 1. The molecule has 1 aromatic carbocycles. The monoisotopic (exact) mass is 246 g/mol. The standard InChI is InChI=1S/C14H18N2O2/c1-3-4-5-11-10-14(17)16(15-11)12-6-8-13(18-2)9-7-12/h6-9H,3-5,10H2,1-2H3. The molecule has 0 atom stereocenters. The quantitative estimate of drug-likeness (QED) is 0.801. The number of amides is 1. The Balaban J connectivity index is 2.11. The molecule has 0 bridgehead atoms. The van der Waals surface area contributed by atoms with E-state index in [1.54, 1.807) is 7.11 Å². The zero-order chi connectivity index (χ0) is 13.0. The SMILES string of the molecule is CCCCC1=NN(c2ccc(OC)cc2)C(=O)C1. The summed E-state index contributed by atoms with van der Waals surface area (Å²) in [5, 5.41) is 5.88. The summed E-state index contributed by atoms with van der Waals surface area (Å²) in [6.45, 7) is 2.14. The van der Waals surface area contributed by atoms with E-state index in [0.29, 0.717) is 6.42 Å². The molecule has 1 heterocycles. The first-order chi connectivity index (χ1) is 8.74. The van der Waals surface area contributed by atoms with E-state index in [-0.39, 0.29) is 5.91 Å². The fourth-order valence-corrected chi connectivity index (χ4v) is 1.93. The molecular formula is C14H18N2O2. The van der Waals surface area contributed by atoms with Gasteiger partial charge in [0.15, 0.2) is 0 Å². The zero-order valence-electron chi connectivity index (χ0n) is 10.8. The molecule has 0 unspecified atom stereocenters. The molecule has 0 N–H and O–H groups in total.